The van der Waals surface area contributed by atoms with E-state index in [-0.39, 0.29) is 0 Å². The Hall–Kier alpha value is -0.525. The maximum atomic E-state index is 5.04. The predicted molar refractivity (Wildman–Crippen MR) is 34.6 cm³/mol. The molecular formula is C5H9BN. The van der Waals surface area contributed by atoms with E-state index in [4.69, 9.17) is 7.49 Å². The number of hydrogen-bond donors (Lipinski definition) is 0. The molecule has 37 valence electrons. The zero-order chi connectivity index (χ0) is 5.70. The van der Waals surface area contributed by atoms with Crippen LogP contribution >= 0.6 is 0 Å². The van der Waals surface area contributed by atoms with Crippen molar-refractivity contribution in [1.29, 1.82) is 0 Å². The zero-order valence-corrected chi connectivity index (χ0v) is 4.76. The molecule has 0 saturated heterocycles. The third-order valence-electron chi connectivity index (χ3n) is 0.495. The fourth-order valence-corrected chi connectivity index (χ4v) is 0.222. The topological polar surface area (TPSA) is 3.24 Å². The molecule has 0 fully saturated rings. The first kappa shape index (κ1) is 6.47. The molecular weight excluding hydrogens is 84.9 g/mol. The van der Waals surface area contributed by atoms with Crippen molar-refractivity contribution in [2.24, 2.45) is 0 Å². The summed E-state index contributed by atoms with van der Waals surface area (Å²) < 4.78 is 0. The van der Waals surface area contributed by atoms with Crippen LogP contribution in [0.5, 0.6) is 0 Å². The van der Waals surface area contributed by atoms with Gasteiger partial charge in [-0.1, -0.05) is 0 Å². The van der Waals surface area contributed by atoms with Crippen molar-refractivity contribution >= 4 is 13.5 Å². The number of hydrogen-bond acceptors (Lipinski definition) is 1. The van der Waals surface area contributed by atoms with Crippen molar-refractivity contribution in [2.75, 3.05) is 14.1 Å². The molecule has 0 spiro atoms. The Kier molecular flexibility index (Phi) is 3.38. The molecule has 0 aromatic carbocycles. The summed E-state index contributed by atoms with van der Waals surface area (Å²) in [5.41, 5.74) is 0. The van der Waals surface area contributed by atoms with Gasteiger partial charge in [0, 0.05) is 0 Å². The third kappa shape index (κ3) is 5.47. The zero-order valence-electron chi connectivity index (χ0n) is 4.76. The van der Waals surface area contributed by atoms with Crippen molar-refractivity contribution in [2.45, 2.75) is 0 Å². The van der Waals surface area contributed by atoms with E-state index in [2.05, 4.69) is 0 Å². The van der Waals surface area contributed by atoms with Crippen LogP contribution in [0.2, 0.25) is 0 Å². The standard InChI is InChI=1S/C5H9BN/c1-7(2)5-3-4-6/h3-5H,1-2H3/b5-3-. The first-order valence-corrected chi connectivity index (χ1v) is 2.15. The van der Waals surface area contributed by atoms with Crippen LogP contribution in [0.25, 0.3) is 0 Å². The summed E-state index contributed by atoms with van der Waals surface area (Å²) in [7, 11) is 8.93. The summed E-state index contributed by atoms with van der Waals surface area (Å²) in [6.07, 6.45) is 3.65. The van der Waals surface area contributed by atoms with Crippen LogP contribution in [0.15, 0.2) is 12.3 Å². The molecule has 0 unspecified atom stereocenters. The van der Waals surface area contributed by atoms with Crippen molar-refractivity contribution in [1.82, 2.24) is 4.90 Å². The molecule has 2 heteroatoms. The van der Waals surface area contributed by atoms with Crippen molar-refractivity contribution in [3.63, 3.8) is 0 Å². The van der Waals surface area contributed by atoms with E-state index in [1.165, 1.54) is 5.97 Å². The van der Waals surface area contributed by atoms with E-state index in [9.17, 15) is 0 Å². The van der Waals surface area contributed by atoms with Gasteiger partial charge in [-0.15, -0.1) is 0 Å². The van der Waals surface area contributed by atoms with E-state index in [0.29, 0.717) is 0 Å². The average Bonchev–Trinajstić information content (AvgIpc) is 1.61. The molecule has 0 aliphatic rings. The Balaban J connectivity index is 3.25. The third-order valence-corrected chi connectivity index (χ3v) is 0.495. The first-order valence-electron chi connectivity index (χ1n) is 2.15. The van der Waals surface area contributed by atoms with Crippen LogP contribution in [-0.2, 0) is 0 Å². The summed E-state index contributed by atoms with van der Waals surface area (Å²) in [6, 6.07) is 0. The second-order valence-electron chi connectivity index (χ2n) is 1.50. The molecule has 1 nitrogen and oxygen atoms in total. The molecule has 0 aliphatic carbocycles. The minimum atomic E-state index is 1.50. The number of nitrogens with zero attached hydrogens (tertiary/aromatic N) is 1. The SMILES string of the molecule is [B]=C/C=C\N(C)C. The molecule has 0 aromatic rings. The van der Waals surface area contributed by atoms with Gasteiger partial charge < -0.3 is 0 Å². The first-order chi connectivity index (χ1) is 3.27. The Morgan fingerprint density at radius 2 is 2.00 bits per heavy atom. The summed E-state index contributed by atoms with van der Waals surface area (Å²) in [4.78, 5) is 1.92. The molecule has 0 rings (SSSR count). The second-order valence-corrected chi connectivity index (χ2v) is 1.50. The maximum absolute atomic E-state index is 5.04. The summed E-state index contributed by atoms with van der Waals surface area (Å²) in [5.74, 6) is 1.50. The van der Waals surface area contributed by atoms with Crippen LogP contribution in [-0.4, -0.2) is 32.4 Å². The van der Waals surface area contributed by atoms with E-state index >= 15 is 0 Å². The monoisotopic (exact) mass is 94.1 g/mol. The minimum absolute atomic E-state index is 1.50. The van der Waals surface area contributed by atoms with E-state index < -0.39 is 0 Å². The summed E-state index contributed by atoms with van der Waals surface area (Å²) in [6.45, 7) is 0. The number of rotatable bonds is 2. The van der Waals surface area contributed by atoms with Gasteiger partial charge in [-0.3, -0.25) is 0 Å². The van der Waals surface area contributed by atoms with Gasteiger partial charge in [0.2, 0.25) is 0 Å². The van der Waals surface area contributed by atoms with Crippen LogP contribution in [0.1, 0.15) is 0 Å². The molecule has 0 amide bonds. The van der Waals surface area contributed by atoms with Gasteiger partial charge in [0.05, 0.1) is 0 Å². The Bertz CT molecular complexity index is 76.1. The Morgan fingerprint density at radius 3 is 2.14 bits per heavy atom. The van der Waals surface area contributed by atoms with Crippen LogP contribution in [0, 0.1) is 0 Å². The second kappa shape index (κ2) is 3.66. The number of allylic oxidation sites excluding steroid dienone is 1. The van der Waals surface area contributed by atoms with E-state index in [0.717, 1.165) is 0 Å². The van der Waals surface area contributed by atoms with Gasteiger partial charge in [-0.2, -0.15) is 0 Å². The van der Waals surface area contributed by atoms with Gasteiger partial charge in [0.1, 0.15) is 0 Å². The summed E-state index contributed by atoms with van der Waals surface area (Å²) >= 11 is 0. The molecule has 0 bridgehead atoms. The quantitative estimate of drug-likeness (QED) is 0.436. The average molecular weight is 93.9 g/mol. The van der Waals surface area contributed by atoms with Crippen molar-refractivity contribution in [3.05, 3.63) is 12.3 Å². The van der Waals surface area contributed by atoms with Gasteiger partial charge in [-0.25, -0.2) is 0 Å². The van der Waals surface area contributed by atoms with E-state index in [1.54, 1.807) is 6.08 Å². The molecule has 1 radical (unpaired) electrons. The van der Waals surface area contributed by atoms with Gasteiger partial charge in [0.25, 0.3) is 0 Å². The molecule has 7 heavy (non-hydrogen) atoms. The molecule has 0 aliphatic heterocycles. The van der Waals surface area contributed by atoms with Crippen molar-refractivity contribution < 1.29 is 0 Å². The molecule has 0 atom stereocenters. The summed E-state index contributed by atoms with van der Waals surface area (Å²) in [5, 5.41) is 0. The van der Waals surface area contributed by atoms with E-state index in [1.807, 2.05) is 25.2 Å². The van der Waals surface area contributed by atoms with Crippen LogP contribution in [0.4, 0.5) is 0 Å². The van der Waals surface area contributed by atoms with Crippen LogP contribution in [0.3, 0.4) is 0 Å². The van der Waals surface area contributed by atoms with Gasteiger partial charge in [0.15, 0.2) is 0 Å². The van der Waals surface area contributed by atoms with Gasteiger partial charge in [-0.05, 0) is 0 Å². The molecule has 0 saturated carbocycles. The predicted octanol–water partition coefficient (Wildman–Crippen LogP) is 0.0324. The van der Waals surface area contributed by atoms with Crippen LogP contribution < -0.4 is 0 Å². The molecule has 0 aromatic heterocycles. The molecule has 0 heterocycles. The fourth-order valence-electron chi connectivity index (χ4n) is 0.222. The normalized spacial score (nSPS) is 9.29. The Labute approximate surface area is 45.7 Å². The molecule has 0 N–H and O–H groups in total. The van der Waals surface area contributed by atoms with Gasteiger partial charge >= 0.3 is 44.7 Å². The Morgan fingerprint density at radius 1 is 1.43 bits per heavy atom. The fraction of sp³-hybridized carbons (Fsp3) is 0.400. The van der Waals surface area contributed by atoms with Crippen molar-refractivity contribution in [3.8, 4) is 0 Å².